The standard InChI is InChI=1S/C21H24FN7O2/c1-13-9-14(2)29-20(24-13)26-18(27-29)19(30)28-8-4-5-15(12-28)11-23-21(31)25-17-7-3-6-16(22)10-17/h3,6-7,9-10,15H,4-5,8,11-12H2,1-2H3,(H2,23,25,31). The van der Waals surface area contributed by atoms with Crippen molar-refractivity contribution in [2.24, 2.45) is 5.92 Å². The Morgan fingerprint density at radius 2 is 2.06 bits per heavy atom. The highest BCUT2D eigenvalue weighted by molar-refractivity contribution is 5.91. The van der Waals surface area contributed by atoms with Crippen LogP contribution < -0.4 is 10.6 Å². The van der Waals surface area contributed by atoms with Crippen molar-refractivity contribution in [1.29, 1.82) is 0 Å². The Kier molecular flexibility index (Phi) is 5.79. The number of urea groups is 1. The molecule has 1 unspecified atom stereocenters. The number of carbonyl (C=O) groups excluding carboxylic acids is 2. The van der Waals surface area contributed by atoms with E-state index in [1.807, 2.05) is 19.9 Å². The summed E-state index contributed by atoms with van der Waals surface area (Å²) in [6, 6.07) is 7.18. The monoisotopic (exact) mass is 425 g/mol. The van der Waals surface area contributed by atoms with E-state index < -0.39 is 11.8 Å². The fourth-order valence-corrected chi connectivity index (χ4v) is 3.79. The van der Waals surface area contributed by atoms with Gasteiger partial charge in [0.05, 0.1) is 0 Å². The molecule has 4 rings (SSSR count). The van der Waals surface area contributed by atoms with Crippen LogP contribution in [0, 0.1) is 25.6 Å². The van der Waals surface area contributed by atoms with Crippen molar-refractivity contribution in [3.63, 3.8) is 0 Å². The van der Waals surface area contributed by atoms with Gasteiger partial charge in [0, 0.05) is 36.7 Å². The summed E-state index contributed by atoms with van der Waals surface area (Å²) in [6.07, 6.45) is 1.72. The van der Waals surface area contributed by atoms with E-state index in [1.54, 1.807) is 15.5 Å². The summed E-state index contributed by atoms with van der Waals surface area (Å²) in [5, 5.41) is 9.73. The maximum atomic E-state index is 13.2. The van der Waals surface area contributed by atoms with Gasteiger partial charge in [-0.05, 0) is 56.9 Å². The van der Waals surface area contributed by atoms with Gasteiger partial charge in [0.1, 0.15) is 5.82 Å². The number of anilines is 1. The van der Waals surface area contributed by atoms with Crippen molar-refractivity contribution in [3.05, 3.63) is 53.4 Å². The zero-order valence-electron chi connectivity index (χ0n) is 17.4. The highest BCUT2D eigenvalue weighted by atomic mass is 19.1. The number of hydrogen-bond donors (Lipinski definition) is 2. The maximum Gasteiger partial charge on any atom is 0.319 e. The van der Waals surface area contributed by atoms with Crippen molar-refractivity contribution in [1.82, 2.24) is 29.8 Å². The molecule has 0 spiro atoms. The van der Waals surface area contributed by atoms with Crippen molar-refractivity contribution in [3.8, 4) is 0 Å². The lowest BCUT2D eigenvalue weighted by Gasteiger charge is -2.32. The molecule has 0 saturated carbocycles. The lowest BCUT2D eigenvalue weighted by atomic mass is 9.98. The van der Waals surface area contributed by atoms with E-state index in [2.05, 4.69) is 25.7 Å². The third kappa shape index (κ3) is 4.79. The van der Waals surface area contributed by atoms with Crippen molar-refractivity contribution >= 4 is 23.4 Å². The highest BCUT2D eigenvalue weighted by Gasteiger charge is 2.27. The van der Waals surface area contributed by atoms with Gasteiger partial charge in [-0.1, -0.05) is 6.07 Å². The maximum absolute atomic E-state index is 13.2. The average Bonchev–Trinajstić information content (AvgIpc) is 3.16. The van der Waals surface area contributed by atoms with Crippen LogP contribution in [0.4, 0.5) is 14.9 Å². The summed E-state index contributed by atoms with van der Waals surface area (Å²) in [5.74, 6) is -0.0179. The van der Waals surface area contributed by atoms with E-state index >= 15 is 0 Å². The number of piperidine rings is 1. The normalized spacial score (nSPS) is 16.4. The summed E-state index contributed by atoms with van der Waals surface area (Å²) < 4.78 is 14.8. The van der Waals surface area contributed by atoms with Gasteiger partial charge in [0.25, 0.3) is 11.7 Å². The van der Waals surface area contributed by atoms with Crippen LogP contribution in [-0.4, -0.2) is 56.1 Å². The molecule has 0 aliphatic carbocycles. The van der Waals surface area contributed by atoms with Crippen LogP contribution >= 0.6 is 0 Å². The fraction of sp³-hybridized carbons (Fsp3) is 0.381. The first-order chi connectivity index (χ1) is 14.9. The van der Waals surface area contributed by atoms with Crippen LogP contribution in [0.25, 0.3) is 5.78 Å². The number of aromatic nitrogens is 4. The van der Waals surface area contributed by atoms with Crippen molar-refractivity contribution in [2.75, 3.05) is 25.0 Å². The summed E-state index contributed by atoms with van der Waals surface area (Å²) in [7, 11) is 0. The van der Waals surface area contributed by atoms with Crippen LogP contribution in [0.3, 0.4) is 0 Å². The third-order valence-electron chi connectivity index (χ3n) is 5.25. The largest absolute Gasteiger partial charge is 0.338 e. The van der Waals surface area contributed by atoms with Crippen molar-refractivity contribution < 1.29 is 14.0 Å². The molecule has 1 saturated heterocycles. The molecule has 0 bridgehead atoms. The Morgan fingerprint density at radius 3 is 2.87 bits per heavy atom. The molecule has 1 aromatic carbocycles. The van der Waals surface area contributed by atoms with Gasteiger partial charge < -0.3 is 15.5 Å². The SMILES string of the molecule is Cc1cc(C)n2nc(C(=O)N3CCCC(CNC(=O)Nc4cccc(F)c4)C3)nc2n1. The van der Waals surface area contributed by atoms with Gasteiger partial charge in [-0.15, -0.1) is 5.10 Å². The van der Waals surface area contributed by atoms with Crippen molar-refractivity contribution in [2.45, 2.75) is 26.7 Å². The summed E-state index contributed by atoms with van der Waals surface area (Å²) in [4.78, 5) is 35.4. The zero-order chi connectivity index (χ0) is 22.0. The molecule has 31 heavy (non-hydrogen) atoms. The molecule has 1 aliphatic heterocycles. The summed E-state index contributed by atoms with van der Waals surface area (Å²) in [5.41, 5.74) is 2.06. The molecular weight excluding hydrogens is 401 g/mol. The summed E-state index contributed by atoms with van der Waals surface area (Å²) in [6.45, 7) is 5.28. The van der Waals surface area contributed by atoms with E-state index in [9.17, 15) is 14.0 Å². The number of likely N-dealkylation sites (tertiary alicyclic amines) is 1. The first kappa shape index (κ1) is 20.7. The lowest BCUT2D eigenvalue weighted by molar-refractivity contribution is 0.0663. The summed E-state index contributed by atoms with van der Waals surface area (Å²) >= 11 is 0. The molecule has 1 atom stereocenters. The van der Waals surface area contributed by atoms with Crippen LogP contribution in [0.2, 0.25) is 0 Å². The predicted octanol–water partition coefficient (Wildman–Crippen LogP) is 2.55. The minimum Gasteiger partial charge on any atom is -0.338 e. The third-order valence-corrected chi connectivity index (χ3v) is 5.25. The average molecular weight is 425 g/mol. The number of benzene rings is 1. The molecule has 0 radical (unpaired) electrons. The number of carbonyl (C=O) groups is 2. The molecule has 10 heteroatoms. The zero-order valence-corrected chi connectivity index (χ0v) is 17.4. The number of nitrogens with one attached hydrogen (secondary N) is 2. The molecule has 3 amide bonds. The van der Waals surface area contributed by atoms with Crippen LogP contribution in [0.5, 0.6) is 0 Å². The molecule has 3 aromatic rings. The first-order valence-electron chi connectivity index (χ1n) is 10.2. The molecule has 2 N–H and O–H groups in total. The molecule has 9 nitrogen and oxygen atoms in total. The van der Waals surface area contributed by atoms with Crippen LogP contribution in [-0.2, 0) is 0 Å². The van der Waals surface area contributed by atoms with E-state index in [0.717, 1.165) is 24.2 Å². The van der Waals surface area contributed by atoms with Gasteiger partial charge >= 0.3 is 6.03 Å². The topological polar surface area (TPSA) is 105 Å². The smallest absolute Gasteiger partial charge is 0.319 e. The molecule has 1 fully saturated rings. The van der Waals surface area contributed by atoms with E-state index in [4.69, 9.17) is 0 Å². The van der Waals surface area contributed by atoms with E-state index in [-0.39, 0.29) is 17.6 Å². The van der Waals surface area contributed by atoms with Crippen LogP contribution in [0.1, 0.15) is 34.8 Å². The van der Waals surface area contributed by atoms with Gasteiger partial charge in [-0.25, -0.2) is 18.7 Å². The molecule has 3 heterocycles. The Hall–Kier alpha value is -3.56. The Bertz CT molecular complexity index is 1130. The van der Waals surface area contributed by atoms with Gasteiger partial charge in [0.15, 0.2) is 0 Å². The number of hydrogen-bond acceptors (Lipinski definition) is 5. The Morgan fingerprint density at radius 1 is 1.23 bits per heavy atom. The minimum absolute atomic E-state index is 0.107. The predicted molar refractivity (Wildman–Crippen MR) is 112 cm³/mol. The molecule has 2 aromatic heterocycles. The van der Waals surface area contributed by atoms with Gasteiger partial charge in [-0.3, -0.25) is 4.79 Å². The Labute approximate surface area is 178 Å². The Balaban J connectivity index is 1.35. The minimum atomic E-state index is -0.416. The number of halogens is 1. The fourth-order valence-electron chi connectivity index (χ4n) is 3.79. The lowest BCUT2D eigenvalue weighted by Crippen LogP contribution is -2.44. The molecular formula is C21H24FN7O2. The van der Waals surface area contributed by atoms with Gasteiger partial charge in [-0.2, -0.15) is 4.98 Å². The quantitative estimate of drug-likeness (QED) is 0.669. The second kappa shape index (κ2) is 8.66. The first-order valence-corrected chi connectivity index (χ1v) is 10.2. The number of aryl methyl sites for hydroxylation is 2. The number of nitrogens with zero attached hydrogens (tertiary/aromatic N) is 5. The van der Waals surface area contributed by atoms with Crippen LogP contribution in [0.15, 0.2) is 30.3 Å². The van der Waals surface area contributed by atoms with Gasteiger partial charge in [0.2, 0.25) is 5.82 Å². The molecule has 1 aliphatic rings. The number of amides is 3. The second-order valence-corrected chi connectivity index (χ2v) is 7.79. The van der Waals surface area contributed by atoms with E-state index in [1.165, 1.54) is 18.2 Å². The number of rotatable bonds is 4. The van der Waals surface area contributed by atoms with E-state index in [0.29, 0.717) is 31.1 Å². The highest BCUT2D eigenvalue weighted by Crippen LogP contribution is 2.18. The second-order valence-electron chi connectivity index (χ2n) is 7.79. The molecule has 162 valence electrons. The number of fused-ring (bicyclic) bond motifs is 1.